The van der Waals surface area contributed by atoms with Gasteiger partial charge in [0.1, 0.15) is 17.2 Å². The van der Waals surface area contributed by atoms with Gasteiger partial charge in [-0.1, -0.05) is 12.1 Å². The van der Waals surface area contributed by atoms with Gasteiger partial charge in [0.25, 0.3) is 0 Å². The summed E-state index contributed by atoms with van der Waals surface area (Å²) in [6.07, 6.45) is 0. The minimum atomic E-state index is -0.180. The van der Waals surface area contributed by atoms with Crippen LogP contribution < -0.4 is 4.74 Å². The summed E-state index contributed by atoms with van der Waals surface area (Å²) in [5.74, 6) is 0.724. The fourth-order valence-electron chi connectivity index (χ4n) is 2.51. The van der Waals surface area contributed by atoms with Crippen LogP contribution in [0.4, 0.5) is 0 Å². The summed E-state index contributed by atoms with van der Waals surface area (Å²) in [6.45, 7) is 0. The highest BCUT2D eigenvalue weighted by molar-refractivity contribution is 6.13. The molecular weight excluding hydrogens is 304 g/mol. The number of phenolic OH excluding ortho intramolecular Hbond substituents is 2. The van der Waals surface area contributed by atoms with Crippen molar-refractivity contribution in [2.24, 2.45) is 0 Å². The lowest BCUT2D eigenvalue weighted by atomic mass is 9.93. The molecule has 0 aliphatic carbocycles. The van der Waals surface area contributed by atoms with E-state index < -0.39 is 0 Å². The minimum absolute atomic E-state index is 0.0862. The fourth-order valence-corrected chi connectivity index (χ4v) is 2.51. The van der Waals surface area contributed by atoms with Crippen LogP contribution in [0.3, 0.4) is 0 Å². The predicted octanol–water partition coefficient (Wildman–Crippen LogP) is 4.00. The van der Waals surface area contributed by atoms with E-state index in [4.69, 9.17) is 4.74 Å². The number of rotatable bonds is 4. The van der Waals surface area contributed by atoms with Crippen molar-refractivity contribution in [1.29, 1.82) is 0 Å². The largest absolute Gasteiger partial charge is 0.508 e. The van der Waals surface area contributed by atoms with Crippen molar-refractivity contribution in [2.45, 2.75) is 0 Å². The Morgan fingerprint density at radius 1 is 0.833 bits per heavy atom. The monoisotopic (exact) mass is 320 g/mol. The van der Waals surface area contributed by atoms with Gasteiger partial charge in [-0.3, -0.25) is 4.79 Å². The number of carbonyl (C=O) groups is 1. The molecule has 4 heteroatoms. The molecule has 3 aromatic carbocycles. The number of aromatic hydroxyl groups is 2. The molecule has 0 amide bonds. The smallest absolute Gasteiger partial charge is 0.193 e. The SMILES string of the molecule is COc1ccc(-c2cc(O)ccc2C(=O)c2ccc(O)cc2)cc1. The molecule has 0 aliphatic heterocycles. The van der Waals surface area contributed by atoms with Crippen molar-refractivity contribution in [3.05, 3.63) is 77.9 Å². The summed E-state index contributed by atoms with van der Waals surface area (Å²) in [7, 11) is 1.59. The highest BCUT2D eigenvalue weighted by atomic mass is 16.5. The predicted molar refractivity (Wildman–Crippen MR) is 91.6 cm³/mol. The second-order valence-electron chi connectivity index (χ2n) is 5.33. The van der Waals surface area contributed by atoms with Gasteiger partial charge in [0.2, 0.25) is 0 Å². The third-order valence-electron chi connectivity index (χ3n) is 3.78. The van der Waals surface area contributed by atoms with Crippen molar-refractivity contribution in [1.82, 2.24) is 0 Å². The third-order valence-corrected chi connectivity index (χ3v) is 3.78. The Kier molecular flexibility index (Phi) is 4.20. The van der Waals surface area contributed by atoms with E-state index in [9.17, 15) is 15.0 Å². The van der Waals surface area contributed by atoms with Gasteiger partial charge >= 0.3 is 0 Å². The molecule has 24 heavy (non-hydrogen) atoms. The maximum absolute atomic E-state index is 12.8. The number of hydrogen-bond donors (Lipinski definition) is 2. The normalized spacial score (nSPS) is 10.4. The number of phenols is 2. The maximum atomic E-state index is 12.8. The Morgan fingerprint density at radius 2 is 1.46 bits per heavy atom. The van der Waals surface area contributed by atoms with Crippen molar-refractivity contribution in [3.63, 3.8) is 0 Å². The van der Waals surface area contributed by atoms with Crippen LogP contribution in [0.1, 0.15) is 15.9 Å². The average molecular weight is 320 g/mol. The first kappa shape index (κ1) is 15.6. The average Bonchev–Trinajstić information content (AvgIpc) is 2.62. The molecule has 2 N–H and O–H groups in total. The van der Waals surface area contributed by atoms with E-state index in [0.29, 0.717) is 22.4 Å². The Hall–Kier alpha value is -3.27. The molecule has 0 bridgehead atoms. The van der Waals surface area contributed by atoms with Crippen molar-refractivity contribution in [3.8, 4) is 28.4 Å². The molecule has 0 heterocycles. The Labute approximate surface area is 139 Å². The summed E-state index contributed by atoms with van der Waals surface area (Å²) in [4.78, 5) is 12.8. The number of ketones is 1. The first-order valence-corrected chi connectivity index (χ1v) is 7.39. The van der Waals surface area contributed by atoms with E-state index in [1.165, 1.54) is 18.2 Å². The number of benzene rings is 3. The lowest BCUT2D eigenvalue weighted by molar-refractivity contribution is 0.103. The van der Waals surface area contributed by atoms with E-state index in [2.05, 4.69) is 0 Å². The van der Waals surface area contributed by atoms with Gasteiger partial charge in [-0.15, -0.1) is 0 Å². The molecule has 4 nitrogen and oxygen atoms in total. The van der Waals surface area contributed by atoms with Gasteiger partial charge in [0.05, 0.1) is 7.11 Å². The Morgan fingerprint density at radius 3 is 2.08 bits per heavy atom. The molecule has 0 unspecified atom stereocenters. The molecule has 0 radical (unpaired) electrons. The van der Waals surface area contributed by atoms with Gasteiger partial charge < -0.3 is 14.9 Å². The van der Waals surface area contributed by atoms with Crippen LogP contribution in [0.25, 0.3) is 11.1 Å². The van der Waals surface area contributed by atoms with Gasteiger partial charge in [0, 0.05) is 11.1 Å². The van der Waals surface area contributed by atoms with E-state index in [1.807, 2.05) is 12.1 Å². The van der Waals surface area contributed by atoms with Gasteiger partial charge in [-0.25, -0.2) is 0 Å². The van der Waals surface area contributed by atoms with E-state index >= 15 is 0 Å². The molecule has 0 spiro atoms. The summed E-state index contributed by atoms with van der Waals surface area (Å²) in [5.41, 5.74) is 2.38. The van der Waals surface area contributed by atoms with Crippen LogP contribution in [-0.2, 0) is 0 Å². The quantitative estimate of drug-likeness (QED) is 0.713. The summed E-state index contributed by atoms with van der Waals surface area (Å²) in [6, 6.07) is 18.0. The zero-order chi connectivity index (χ0) is 17.1. The van der Waals surface area contributed by atoms with Crippen LogP contribution in [0.5, 0.6) is 17.2 Å². The van der Waals surface area contributed by atoms with Crippen LogP contribution in [0.15, 0.2) is 66.7 Å². The number of ether oxygens (including phenoxy) is 1. The van der Waals surface area contributed by atoms with Crippen LogP contribution in [0.2, 0.25) is 0 Å². The zero-order valence-electron chi connectivity index (χ0n) is 13.1. The molecule has 0 aliphatic rings. The first-order chi connectivity index (χ1) is 11.6. The summed E-state index contributed by atoms with van der Waals surface area (Å²) in [5, 5.41) is 19.2. The van der Waals surface area contributed by atoms with Crippen LogP contribution in [-0.4, -0.2) is 23.1 Å². The molecule has 0 fully saturated rings. The molecule has 3 aromatic rings. The highest BCUT2D eigenvalue weighted by Crippen LogP contribution is 2.30. The zero-order valence-corrected chi connectivity index (χ0v) is 13.1. The molecule has 0 aromatic heterocycles. The number of carbonyl (C=O) groups excluding carboxylic acids is 1. The second kappa shape index (κ2) is 6.46. The van der Waals surface area contributed by atoms with Crippen molar-refractivity contribution in [2.75, 3.05) is 7.11 Å². The number of hydrogen-bond acceptors (Lipinski definition) is 4. The number of methoxy groups -OCH3 is 1. The second-order valence-corrected chi connectivity index (χ2v) is 5.33. The van der Waals surface area contributed by atoms with Crippen LogP contribution in [0, 0.1) is 0 Å². The lowest BCUT2D eigenvalue weighted by Gasteiger charge is -2.11. The summed E-state index contributed by atoms with van der Waals surface area (Å²) < 4.78 is 5.15. The van der Waals surface area contributed by atoms with E-state index in [0.717, 1.165) is 5.56 Å². The first-order valence-electron chi connectivity index (χ1n) is 7.39. The van der Waals surface area contributed by atoms with E-state index in [1.54, 1.807) is 43.5 Å². The van der Waals surface area contributed by atoms with Crippen molar-refractivity contribution < 1.29 is 19.7 Å². The molecule has 3 rings (SSSR count). The topological polar surface area (TPSA) is 66.8 Å². The maximum Gasteiger partial charge on any atom is 0.193 e. The lowest BCUT2D eigenvalue weighted by Crippen LogP contribution is -2.03. The summed E-state index contributed by atoms with van der Waals surface area (Å²) >= 11 is 0. The van der Waals surface area contributed by atoms with Gasteiger partial charge in [-0.05, 0) is 65.7 Å². The van der Waals surface area contributed by atoms with Crippen LogP contribution >= 0.6 is 0 Å². The standard InChI is InChI=1S/C20H16O4/c1-24-17-9-4-13(5-10-17)19-12-16(22)8-11-18(19)20(23)14-2-6-15(21)7-3-14/h2-12,21-22H,1H3. The molecule has 0 saturated carbocycles. The van der Waals surface area contributed by atoms with Gasteiger partial charge in [-0.2, -0.15) is 0 Å². The van der Waals surface area contributed by atoms with Gasteiger partial charge in [0.15, 0.2) is 5.78 Å². The molecular formula is C20H16O4. The Balaban J connectivity index is 2.07. The molecule has 120 valence electrons. The van der Waals surface area contributed by atoms with E-state index in [-0.39, 0.29) is 17.3 Å². The molecule has 0 atom stereocenters. The molecule has 0 saturated heterocycles. The fraction of sp³-hybridized carbons (Fsp3) is 0.0500. The van der Waals surface area contributed by atoms with Crippen molar-refractivity contribution >= 4 is 5.78 Å². The third kappa shape index (κ3) is 3.08. The Bertz CT molecular complexity index is 865. The minimum Gasteiger partial charge on any atom is -0.508 e. The highest BCUT2D eigenvalue weighted by Gasteiger charge is 2.15.